The first kappa shape index (κ1) is 65.2. The maximum atomic E-state index is 15.1. The number of piperazine rings is 1. The third-order valence-corrected chi connectivity index (χ3v) is 16.9. The Bertz CT molecular complexity index is 3370. The third kappa shape index (κ3) is 14.5. The van der Waals surface area contributed by atoms with Crippen molar-refractivity contribution in [3.63, 3.8) is 0 Å². The maximum absolute atomic E-state index is 15.1. The van der Waals surface area contributed by atoms with Crippen molar-refractivity contribution >= 4 is 85.6 Å². The Morgan fingerprint density at radius 2 is 1.59 bits per heavy atom. The van der Waals surface area contributed by atoms with Crippen LogP contribution in [0.5, 0.6) is 17.2 Å². The van der Waals surface area contributed by atoms with E-state index in [-0.39, 0.29) is 75.5 Å². The van der Waals surface area contributed by atoms with Crippen molar-refractivity contribution in [2.45, 2.75) is 124 Å². The highest BCUT2D eigenvalue weighted by molar-refractivity contribution is 7.44. The number of aromatic hydroxyl groups is 2. The predicted octanol–water partition coefficient (Wildman–Crippen LogP) is 7.25. The molecule has 458 valence electrons. The van der Waals surface area contributed by atoms with Crippen molar-refractivity contribution in [3.05, 3.63) is 69.6 Å². The quantitative estimate of drug-likeness (QED) is 0.0295. The van der Waals surface area contributed by atoms with Crippen molar-refractivity contribution < 1.29 is 81.3 Å². The van der Waals surface area contributed by atoms with Gasteiger partial charge in [-0.2, -0.15) is 0 Å². The van der Waals surface area contributed by atoms with Crippen molar-refractivity contribution in [1.82, 2.24) is 20.5 Å². The minimum atomic E-state index is -2.16. The van der Waals surface area contributed by atoms with Crippen LogP contribution in [0.15, 0.2) is 57.5 Å². The van der Waals surface area contributed by atoms with E-state index in [1.165, 1.54) is 53.0 Å². The molecule has 0 saturated carbocycles. The first-order valence-electron chi connectivity index (χ1n) is 28.1. The zero-order valence-electron chi connectivity index (χ0n) is 49.4. The summed E-state index contributed by atoms with van der Waals surface area (Å²) in [4.78, 5) is 105. The molecule has 6 N–H and O–H groups in total. The van der Waals surface area contributed by atoms with Gasteiger partial charge in [-0.3, -0.25) is 47.6 Å². The number of ketones is 1. The van der Waals surface area contributed by atoms with Crippen molar-refractivity contribution in [2.24, 2.45) is 29.6 Å². The van der Waals surface area contributed by atoms with E-state index in [0.717, 1.165) is 25.9 Å². The van der Waals surface area contributed by atoms with Gasteiger partial charge < -0.3 is 64.3 Å². The van der Waals surface area contributed by atoms with Crippen molar-refractivity contribution in [1.29, 1.82) is 0 Å². The third-order valence-electron chi connectivity index (χ3n) is 15.7. The highest BCUT2D eigenvalue weighted by atomic mass is 31.1. The van der Waals surface area contributed by atoms with Gasteiger partial charge in [-0.1, -0.05) is 59.8 Å². The second-order valence-corrected chi connectivity index (χ2v) is 24.3. The normalized spacial score (nSPS) is 26.2. The molecule has 2 aromatic carbocycles. The number of allylic oxidation sites excluding steroid dienone is 2. The zero-order valence-corrected chi connectivity index (χ0v) is 51.2. The largest absolute Gasteiger partial charge is 0.507 e. The predicted molar refractivity (Wildman–Crippen MR) is 314 cm³/mol. The fourth-order valence-electron chi connectivity index (χ4n) is 11.1. The molecule has 9 atom stereocenters. The number of aliphatic hydroxyl groups excluding tert-OH is 1. The molecule has 2 aromatic rings. The number of carbonyl (C=O) groups is 6. The van der Waals surface area contributed by atoms with Crippen LogP contribution in [0.25, 0.3) is 33.3 Å². The standard InChI is InChI=1S/C59H74N6O18P2/c1-28(2)27-64-20-22-65(23-21-64)36-25-37(67)46-39(26-36)81-55-47(62-46)43-44-50(72)34(8)54-45(43)56(74)59(10,83-54)79-24-18-38(78-11)31(5)53(80-35(9)66)33(7)49(71)32(6)52(29(3)13-12-14-30(4)57(75)63-48(55)51(44)73)82-42(70)16-15-40(68)60-19-17-41(69)61-58(84-76)85-77/h12-14,18,24-26,28-29,31-33,38,49,52-53,58,67,71-72H,15-17,19-23,27H2,1-11H3,(H,60,68)(H,61,69)(H,63,75)/b13-12+,24-18+,30-14-/t29-,31+,32-,33+,38-,49+,52-,53+,59-/m0/s1. The van der Waals surface area contributed by atoms with Crippen LogP contribution in [-0.4, -0.2) is 143 Å². The Kier molecular flexibility index (Phi) is 21.3. The van der Waals surface area contributed by atoms with Crippen LogP contribution >= 0.6 is 16.9 Å². The summed E-state index contributed by atoms with van der Waals surface area (Å²) < 4.78 is 58.8. The highest BCUT2D eigenvalue weighted by Gasteiger charge is 2.50. The SMILES string of the molecule is CO[C@H]1/C=C/O[C@@]2(C)Oc3c(C)c(O)c4c(=O)c(c5oc6cc(N7CCN(CC(C)C)CC7)cc(O)c6nc-5c4c3C2=O)NC(=O)/C(C)=C\C=C\[C@H](C)[C@H](OC(=O)CCC(=O)NCCC(=O)NC(P=O)P=O)[C@@H](C)[C@@H](O)[C@@H](C)[C@H](OC(C)=O)[C@@H]1C. The lowest BCUT2D eigenvalue weighted by molar-refractivity contribution is -0.165. The summed E-state index contributed by atoms with van der Waals surface area (Å²) in [6, 6.07) is 3.22. The number of esters is 2. The van der Waals surface area contributed by atoms with Crippen molar-refractivity contribution in [3.8, 4) is 28.7 Å². The number of amides is 3. The molecule has 0 spiro atoms. The number of carbonyl (C=O) groups excluding carboxylic acids is 6. The molecule has 4 bridgehead atoms. The number of aliphatic hydroxyl groups is 1. The molecule has 0 radical (unpaired) electrons. The van der Waals surface area contributed by atoms with E-state index in [2.05, 4.69) is 39.6 Å². The lowest BCUT2D eigenvalue weighted by atomic mass is 9.78. The molecule has 0 aromatic heterocycles. The number of Topliss-reactive ketones (excluding diaryl/α,β-unsaturated/α-hetero) is 1. The van der Waals surface area contributed by atoms with Gasteiger partial charge >= 0.3 is 17.7 Å². The number of hydrogen-bond donors (Lipinski definition) is 6. The second kappa shape index (κ2) is 27.8. The van der Waals surface area contributed by atoms with E-state index in [0.29, 0.717) is 24.7 Å². The highest BCUT2D eigenvalue weighted by Crippen LogP contribution is 2.51. The van der Waals surface area contributed by atoms with Crippen LogP contribution in [0.3, 0.4) is 0 Å². The van der Waals surface area contributed by atoms with Crippen LogP contribution in [0.2, 0.25) is 0 Å². The number of fused-ring (bicyclic) bond motifs is 2. The molecule has 3 amide bonds. The Labute approximate surface area is 494 Å². The van der Waals surface area contributed by atoms with Crippen LogP contribution in [0.4, 0.5) is 11.4 Å². The average molecular weight is 1220 g/mol. The van der Waals surface area contributed by atoms with E-state index < -0.39 is 140 Å². The van der Waals surface area contributed by atoms with Gasteiger partial charge in [-0.15, -0.1) is 0 Å². The van der Waals surface area contributed by atoms with Crippen LogP contribution in [0, 0.1) is 36.5 Å². The summed E-state index contributed by atoms with van der Waals surface area (Å²) >= 11 is 0. The van der Waals surface area contributed by atoms with Crippen LogP contribution < -0.4 is 31.0 Å². The van der Waals surface area contributed by atoms with Gasteiger partial charge in [0.25, 0.3) is 11.7 Å². The van der Waals surface area contributed by atoms with Gasteiger partial charge in [-0.25, -0.2) is 4.98 Å². The topological polar surface area (TPSA) is 329 Å². The lowest BCUT2D eigenvalue weighted by Crippen LogP contribution is -2.47. The number of benzene rings is 3. The van der Waals surface area contributed by atoms with E-state index in [1.54, 1.807) is 45.9 Å². The number of phenolic OH excluding ortho intramolecular Hbond substituents is 2. The van der Waals surface area contributed by atoms with Gasteiger partial charge in [0.05, 0.1) is 35.8 Å². The summed E-state index contributed by atoms with van der Waals surface area (Å²) in [5, 5.41) is 42.8. The van der Waals surface area contributed by atoms with Gasteiger partial charge in [0.15, 0.2) is 33.8 Å². The maximum Gasteiger partial charge on any atom is 0.312 e. The summed E-state index contributed by atoms with van der Waals surface area (Å²) in [5.41, 5.74) is -2.34. The molecule has 4 heterocycles. The van der Waals surface area contributed by atoms with E-state index >= 15 is 9.59 Å². The minimum absolute atomic E-state index is 0.0202. The molecule has 1 aliphatic carbocycles. The van der Waals surface area contributed by atoms with Crippen LogP contribution in [0.1, 0.15) is 97.5 Å². The summed E-state index contributed by atoms with van der Waals surface area (Å²) in [5.74, 6) is -10.7. The average Bonchev–Trinajstić information content (AvgIpc) is 1.70. The summed E-state index contributed by atoms with van der Waals surface area (Å²) in [6.45, 7) is 20.0. The molecule has 85 heavy (non-hydrogen) atoms. The smallest absolute Gasteiger partial charge is 0.312 e. The number of hydrogen-bond acceptors (Lipinski definition) is 21. The Morgan fingerprint density at radius 1 is 0.906 bits per heavy atom. The van der Waals surface area contributed by atoms with Crippen LogP contribution in [-0.2, 0) is 52.1 Å². The summed E-state index contributed by atoms with van der Waals surface area (Å²) in [7, 11) is 0.267. The Balaban J connectivity index is 1.31. The van der Waals surface area contributed by atoms with E-state index in [4.69, 9.17) is 33.1 Å². The van der Waals surface area contributed by atoms with Crippen molar-refractivity contribution in [2.75, 3.05) is 56.6 Å². The van der Waals surface area contributed by atoms with E-state index in [1.807, 2.05) is 0 Å². The van der Waals surface area contributed by atoms with Gasteiger partial charge in [0.2, 0.25) is 17.2 Å². The van der Waals surface area contributed by atoms with E-state index in [9.17, 15) is 48.4 Å². The molecule has 24 nitrogen and oxygen atoms in total. The van der Waals surface area contributed by atoms with Gasteiger partial charge in [0.1, 0.15) is 46.4 Å². The fraction of sp³-hybridized carbons (Fsp3) is 0.525. The number of nitrogens with one attached hydrogen (secondary N) is 3. The number of phenols is 2. The monoisotopic (exact) mass is 1220 g/mol. The summed E-state index contributed by atoms with van der Waals surface area (Å²) in [6.07, 6.45) is 1.61. The first-order valence-corrected chi connectivity index (χ1v) is 29.8. The Morgan fingerprint density at radius 3 is 2.24 bits per heavy atom. The first-order chi connectivity index (χ1) is 40.2. The fourth-order valence-corrected chi connectivity index (χ4v) is 11.6. The number of aromatic nitrogens is 1. The van der Waals surface area contributed by atoms with Gasteiger partial charge in [-0.05, 0) is 25.8 Å². The number of anilines is 2. The minimum Gasteiger partial charge on any atom is -0.507 e. The molecule has 4 aliphatic heterocycles. The molecular weight excluding hydrogens is 1140 g/mol. The molecular formula is C59H74N6O18P2. The molecule has 7 rings (SSSR count). The molecule has 0 unspecified atom stereocenters. The second-order valence-electron chi connectivity index (χ2n) is 22.4. The number of rotatable bonds is 15. The molecule has 26 heteroatoms. The Hall–Kier alpha value is -7.36. The number of ether oxygens (including phenoxy) is 5. The molecule has 1 fully saturated rings. The lowest BCUT2D eigenvalue weighted by Gasteiger charge is -2.39. The number of nitrogens with zero attached hydrogens (tertiary/aromatic N) is 3. The number of methoxy groups -OCH3 is 1. The van der Waals surface area contributed by atoms with Gasteiger partial charge in [0, 0.05) is 131 Å². The molecule has 5 aliphatic rings. The zero-order chi connectivity index (χ0) is 62.4. The molecule has 1 saturated heterocycles.